The summed E-state index contributed by atoms with van der Waals surface area (Å²) < 4.78 is 28.8. The number of aromatic nitrogens is 3. The fourth-order valence-corrected chi connectivity index (χ4v) is 5.30. The van der Waals surface area contributed by atoms with Gasteiger partial charge in [0.25, 0.3) is 0 Å². The molecule has 0 bridgehead atoms. The number of carbonyl (C=O) groups is 2. The van der Waals surface area contributed by atoms with Crippen LogP contribution in [-0.4, -0.2) is 33.2 Å². The first-order chi connectivity index (χ1) is 18.4. The largest absolute Gasteiger partial charge is 0.496 e. The van der Waals surface area contributed by atoms with Crippen LogP contribution in [-0.2, 0) is 29.5 Å². The van der Waals surface area contributed by atoms with Crippen LogP contribution in [0.2, 0.25) is 0 Å². The van der Waals surface area contributed by atoms with Crippen LogP contribution in [0.1, 0.15) is 17.5 Å². The van der Waals surface area contributed by atoms with Gasteiger partial charge in [-0.2, -0.15) is 0 Å². The summed E-state index contributed by atoms with van der Waals surface area (Å²) in [4.78, 5) is 34.6. The molecule has 0 amide bonds. The van der Waals surface area contributed by atoms with Crippen LogP contribution in [0.5, 0.6) is 17.2 Å². The lowest BCUT2D eigenvalue weighted by atomic mass is 10.0. The first kappa shape index (κ1) is 25.3. The van der Waals surface area contributed by atoms with E-state index in [-0.39, 0.29) is 36.6 Å². The van der Waals surface area contributed by atoms with Gasteiger partial charge in [-0.3, -0.25) is 14.6 Å². The van der Waals surface area contributed by atoms with Crippen LogP contribution in [0.3, 0.4) is 0 Å². The van der Waals surface area contributed by atoms with Crippen molar-refractivity contribution in [3.05, 3.63) is 90.1 Å². The van der Waals surface area contributed by atoms with E-state index in [1.165, 1.54) is 30.6 Å². The number of Topliss-reactive ketones (excluding diaryl/α,β-unsaturated/α-hetero) is 2. The number of benzene rings is 2. The van der Waals surface area contributed by atoms with E-state index in [0.717, 1.165) is 26.5 Å². The Labute approximate surface area is 222 Å². The van der Waals surface area contributed by atoms with Crippen molar-refractivity contribution in [1.29, 1.82) is 0 Å². The normalized spacial score (nSPS) is 11.0. The summed E-state index contributed by atoms with van der Waals surface area (Å²) >= 11 is 1.46. The topological polar surface area (TPSA) is 83.3 Å². The van der Waals surface area contributed by atoms with Crippen molar-refractivity contribution in [2.75, 3.05) is 7.11 Å². The lowest BCUT2D eigenvalue weighted by Crippen LogP contribution is -2.13. The Morgan fingerprint density at radius 3 is 2.53 bits per heavy atom. The molecule has 192 valence electrons. The minimum atomic E-state index is -0.596. The van der Waals surface area contributed by atoms with Gasteiger partial charge in [0.1, 0.15) is 28.9 Å². The third-order valence-electron chi connectivity index (χ3n) is 6.01. The predicted molar refractivity (Wildman–Crippen MR) is 143 cm³/mol. The molecule has 0 aliphatic heterocycles. The number of hydrogen-bond acceptors (Lipinski definition) is 7. The van der Waals surface area contributed by atoms with E-state index in [2.05, 4.69) is 9.97 Å². The molecule has 0 N–H and O–H groups in total. The van der Waals surface area contributed by atoms with E-state index in [0.29, 0.717) is 17.1 Å². The highest BCUT2D eigenvalue weighted by Crippen LogP contribution is 2.39. The van der Waals surface area contributed by atoms with Crippen LogP contribution in [0, 0.1) is 5.82 Å². The molecule has 38 heavy (non-hydrogen) atoms. The molecular formula is C29H24FN3O4S. The van der Waals surface area contributed by atoms with Gasteiger partial charge in [-0.15, -0.1) is 11.3 Å². The molecule has 0 aliphatic carbocycles. The number of ether oxygens (including phenoxy) is 2. The van der Waals surface area contributed by atoms with E-state index < -0.39 is 5.82 Å². The van der Waals surface area contributed by atoms with Gasteiger partial charge in [0.2, 0.25) is 0 Å². The Morgan fingerprint density at radius 2 is 1.76 bits per heavy atom. The number of fused-ring (bicyclic) bond motifs is 1. The van der Waals surface area contributed by atoms with Gasteiger partial charge in [-0.05, 0) is 29.8 Å². The molecule has 3 aromatic heterocycles. The monoisotopic (exact) mass is 529 g/mol. The summed E-state index contributed by atoms with van der Waals surface area (Å²) in [7, 11) is 3.45. The number of para-hydroxylation sites is 1. The summed E-state index contributed by atoms with van der Waals surface area (Å²) in [5.41, 5.74) is 1.92. The third-order valence-corrected chi connectivity index (χ3v) is 7.14. The molecule has 0 unspecified atom stereocenters. The zero-order valence-corrected chi connectivity index (χ0v) is 21.6. The summed E-state index contributed by atoms with van der Waals surface area (Å²) in [5.74, 6) is 0.824. The second kappa shape index (κ2) is 10.9. The van der Waals surface area contributed by atoms with Gasteiger partial charge in [0.15, 0.2) is 11.6 Å². The highest BCUT2D eigenvalue weighted by Gasteiger charge is 2.17. The number of rotatable bonds is 10. The Hall–Kier alpha value is -4.37. The molecule has 0 atom stereocenters. The number of aryl methyl sites for hydroxylation is 1. The van der Waals surface area contributed by atoms with E-state index in [1.807, 2.05) is 36.0 Å². The van der Waals surface area contributed by atoms with Crippen LogP contribution in [0.25, 0.3) is 20.9 Å². The van der Waals surface area contributed by atoms with Crippen LogP contribution in [0.15, 0.2) is 73.2 Å². The third kappa shape index (κ3) is 5.47. The molecule has 5 rings (SSSR count). The predicted octanol–water partition coefficient (Wildman–Crippen LogP) is 5.95. The first-order valence-electron chi connectivity index (χ1n) is 11.9. The number of hydrogen-bond donors (Lipinski definition) is 0. The quantitative estimate of drug-likeness (QED) is 0.208. The zero-order chi connectivity index (χ0) is 26.6. The molecule has 0 spiro atoms. The number of nitrogens with zero attached hydrogens (tertiary/aromatic N) is 3. The fourth-order valence-electron chi connectivity index (χ4n) is 4.20. The number of ketones is 2. The SMILES string of the molecule is COc1ccccc1CC(=O)CC(=O)Cc1ccc(Oc2ccnc3cc(-c4nccn4C)sc23)c(F)c1. The molecule has 7 nitrogen and oxygen atoms in total. The summed E-state index contributed by atoms with van der Waals surface area (Å²) in [6, 6.07) is 15.2. The van der Waals surface area contributed by atoms with E-state index in [4.69, 9.17) is 9.47 Å². The highest BCUT2D eigenvalue weighted by molar-refractivity contribution is 7.22. The molecule has 5 aromatic rings. The van der Waals surface area contributed by atoms with Gasteiger partial charge in [-0.25, -0.2) is 9.37 Å². The highest BCUT2D eigenvalue weighted by atomic mass is 32.1. The molecule has 2 aromatic carbocycles. The second-order valence-electron chi connectivity index (χ2n) is 8.78. The maximum absolute atomic E-state index is 15.0. The molecule has 3 heterocycles. The van der Waals surface area contributed by atoms with Gasteiger partial charge >= 0.3 is 0 Å². The number of imidazole rings is 1. The maximum Gasteiger partial charge on any atom is 0.166 e. The van der Waals surface area contributed by atoms with Gasteiger partial charge in [-0.1, -0.05) is 24.3 Å². The van der Waals surface area contributed by atoms with Crippen molar-refractivity contribution in [3.63, 3.8) is 0 Å². The van der Waals surface area contributed by atoms with Gasteiger partial charge in [0.05, 0.1) is 28.6 Å². The smallest absolute Gasteiger partial charge is 0.166 e. The molecule has 0 saturated carbocycles. The Balaban J connectivity index is 1.26. The van der Waals surface area contributed by atoms with Gasteiger partial charge in [0, 0.05) is 50.1 Å². The fraction of sp³-hybridized carbons (Fsp3) is 0.172. The minimum absolute atomic E-state index is 0.0351. The molecule has 0 fully saturated rings. The first-order valence-corrected chi connectivity index (χ1v) is 12.7. The summed E-state index contributed by atoms with van der Waals surface area (Å²) in [6.45, 7) is 0. The Morgan fingerprint density at radius 1 is 0.947 bits per heavy atom. The van der Waals surface area contributed by atoms with Crippen molar-refractivity contribution in [2.24, 2.45) is 7.05 Å². The number of thiophene rings is 1. The van der Waals surface area contributed by atoms with E-state index in [9.17, 15) is 14.0 Å². The summed E-state index contributed by atoms with van der Waals surface area (Å²) in [5, 5.41) is 0. The van der Waals surface area contributed by atoms with Crippen molar-refractivity contribution in [2.45, 2.75) is 19.3 Å². The standard InChI is InChI=1S/C29H24FN3O4S/c1-33-12-11-32-29(33)27-17-23-28(38-27)26(9-10-31-23)37-25-8-7-18(14-22(25)30)13-20(34)16-21(35)15-19-5-3-4-6-24(19)36-2/h3-12,14,17H,13,15-16H2,1-2H3. The van der Waals surface area contributed by atoms with Crippen molar-refractivity contribution in [3.8, 4) is 28.0 Å². The van der Waals surface area contributed by atoms with Crippen LogP contribution in [0.4, 0.5) is 4.39 Å². The number of pyridine rings is 1. The zero-order valence-electron chi connectivity index (χ0n) is 20.8. The Kier molecular flexibility index (Phi) is 7.28. The average Bonchev–Trinajstić information content (AvgIpc) is 3.52. The molecular weight excluding hydrogens is 505 g/mol. The lowest BCUT2D eigenvalue weighted by molar-refractivity contribution is -0.126. The molecule has 0 saturated heterocycles. The maximum atomic E-state index is 15.0. The number of carbonyl (C=O) groups excluding carboxylic acids is 2. The Bertz CT molecular complexity index is 1640. The molecule has 0 aliphatic rings. The molecule has 0 radical (unpaired) electrons. The van der Waals surface area contributed by atoms with Crippen molar-refractivity contribution in [1.82, 2.24) is 14.5 Å². The van der Waals surface area contributed by atoms with Crippen molar-refractivity contribution < 1.29 is 23.5 Å². The average molecular weight is 530 g/mol. The van der Waals surface area contributed by atoms with Crippen LogP contribution < -0.4 is 9.47 Å². The lowest BCUT2D eigenvalue weighted by Gasteiger charge is -2.09. The minimum Gasteiger partial charge on any atom is -0.496 e. The van der Waals surface area contributed by atoms with Crippen LogP contribution >= 0.6 is 11.3 Å². The molecule has 9 heteroatoms. The van der Waals surface area contributed by atoms with E-state index >= 15 is 0 Å². The van der Waals surface area contributed by atoms with Crippen molar-refractivity contribution >= 4 is 33.1 Å². The van der Waals surface area contributed by atoms with Gasteiger partial charge < -0.3 is 14.0 Å². The second-order valence-corrected chi connectivity index (χ2v) is 9.83. The van der Waals surface area contributed by atoms with E-state index in [1.54, 1.807) is 36.7 Å². The summed E-state index contributed by atoms with van der Waals surface area (Å²) in [6.07, 6.45) is 5.02. The number of methoxy groups -OCH3 is 1. The number of halogens is 1.